The van der Waals surface area contributed by atoms with Crippen LogP contribution in [-0.2, 0) is 40.5 Å². The van der Waals surface area contributed by atoms with Crippen LogP contribution in [-0.4, -0.2) is 61.2 Å². The lowest BCUT2D eigenvalue weighted by Gasteiger charge is -2.32. The quantitative estimate of drug-likeness (QED) is 0.201. The normalized spacial score (nSPS) is 23.2. The van der Waals surface area contributed by atoms with Crippen molar-refractivity contribution in [2.75, 3.05) is 18.6 Å². The van der Waals surface area contributed by atoms with Crippen LogP contribution in [0.3, 0.4) is 0 Å². The molecule has 6 rings (SSSR count). The SMILES string of the molecule is CN1C(=O)[C@](C[C@H]2OC(C)(C)O[C@@H]2COS(=O)(=O)C(F)(F)F)(c2c(O)n(Cc3ccccc3)c3ccccc23)c2ccccc21. The average Bonchev–Trinajstić information content (AvgIpc) is 3.52. The Morgan fingerprint density at radius 1 is 0.933 bits per heavy atom. The predicted octanol–water partition coefficient (Wildman–Crippen LogP) is 5.43. The highest BCUT2D eigenvalue weighted by Gasteiger charge is 2.58. The van der Waals surface area contributed by atoms with Gasteiger partial charge in [0.1, 0.15) is 11.5 Å². The molecular weight excluding hydrogens is 613 g/mol. The number of hydrogen-bond donors (Lipinski definition) is 1. The van der Waals surface area contributed by atoms with Gasteiger partial charge < -0.3 is 24.0 Å². The number of para-hydroxylation sites is 2. The van der Waals surface area contributed by atoms with Crippen molar-refractivity contribution >= 4 is 32.6 Å². The molecule has 3 heterocycles. The zero-order chi connectivity index (χ0) is 32.4. The highest BCUT2D eigenvalue weighted by Crippen LogP contribution is 2.55. The van der Waals surface area contributed by atoms with E-state index in [1.165, 1.54) is 18.7 Å². The van der Waals surface area contributed by atoms with Gasteiger partial charge in [-0.25, -0.2) is 0 Å². The van der Waals surface area contributed by atoms with Crippen LogP contribution in [0.2, 0.25) is 0 Å². The summed E-state index contributed by atoms with van der Waals surface area (Å²) in [5, 5.41) is 12.7. The van der Waals surface area contributed by atoms with Gasteiger partial charge in [0.05, 0.1) is 24.8 Å². The smallest absolute Gasteiger partial charge is 0.494 e. The molecule has 1 N–H and O–H groups in total. The van der Waals surface area contributed by atoms with Crippen LogP contribution in [0.25, 0.3) is 10.9 Å². The molecule has 1 aromatic heterocycles. The number of hydrogen-bond acceptors (Lipinski definition) is 7. The van der Waals surface area contributed by atoms with Crippen LogP contribution >= 0.6 is 0 Å². The van der Waals surface area contributed by atoms with Gasteiger partial charge in [-0.1, -0.05) is 66.7 Å². The fourth-order valence-electron chi connectivity index (χ4n) is 6.56. The van der Waals surface area contributed by atoms with Crippen molar-refractivity contribution in [3.8, 4) is 5.88 Å². The van der Waals surface area contributed by atoms with Crippen molar-refractivity contribution in [1.82, 2.24) is 4.57 Å². The van der Waals surface area contributed by atoms with E-state index >= 15 is 0 Å². The lowest BCUT2D eigenvalue weighted by Crippen LogP contribution is -2.45. The molecule has 0 unspecified atom stereocenters. The summed E-state index contributed by atoms with van der Waals surface area (Å²) in [5.41, 5.74) is -4.25. The zero-order valence-electron chi connectivity index (χ0n) is 24.6. The van der Waals surface area contributed by atoms with Gasteiger partial charge in [-0.05, 0) is 43.5 Å². The van der Waals surface area contributed by atoms with E-state index in [2.05, 4.69) is 4.18 Å². The molecule has 3 aromatic carbocycles. The predicted molar refractivity (Wildman–Crippen MR) is 159 cm³/mol. The molecular formula is C32H31F3N2O7S. The van der Waals surface area contributed by atoms with E-state index in [0.717, 1.165) is 5.56 Å². The number of likely N-dealkylation sites (N-methyl/N-ethyl adjacent to an activating group) is 1. The van der Waals surface area contributed by atoms with E-state index < -0.39 is 51.6 Å². The van der Waals surface area contributed by atoms with Gasteiger partial charge in [0.25, 0.3) is 0 Å². The third-order valence-electron chi connectivity index (χ3n) is 8.41. The summed E-state index contributed by atoms with van der Waals surface area (Å²) >= 11 is 0. The molecule has 0 saturated carbocycles. The number of benzene rings is 3. The summed E-state index contributed by atoms with van der Waals surface area (Å²) < 4.78 is 80.9. The number of carbonyl (C=O) groups excluding carboxylic acids is 1. The van der Waals surface area contributed by atoms with Crippen LogP contribution < -0.4 is 4.90 Å². The van der Waals surface area contributed by atoms with Crippen LogP contribution in [0, 0.1) is 0 Å². The summed E-state index contributed by atoms with van der Waals surface area (Å²) in [4.78, 5) is 16.1. The molecule has 238 valence electrons. The van der Waals surface area contributed by atoms with Gasteiger partial charge >= 0.3 is 15.6 Å². The number of amides is 1. The number of alkyl halides is 3. The summed E-state index contributed by atoms with van der Waals surface area (Å²) in [7, 11) is -4.32. The second-order valence-corrected chi connectivity index (χ2v) is 13.3. The topological polar surface area (TPSA) is 107 Å². The Morgan fingerprint density at radius 3 is 2.27 bits per heavy atom. The summed E-state index contributed by atoms with van der Waals surface area (Å²) in [6.45, 7) is 2.35. The fourth-order valence-corrected chi connectivity index (χ4v) is 7.01. The lowest BCUT2D eigenvalue weighted by atomic mass is 9.70. The second kappa shape index (κ2) is 10.9. The number of rotatable bonds is 8. The molecule has 13 heteroatoms. The molecule has 2 aliphatic rings. The number of ether oxygens (including phenoxy) is 2. The largest absolute Gasteiger partial charge is 0.523 e. The number of aromatic nitrogens is 1. The van der Waals surface area contributed by atoms with E-state index in [1.54, 1.807) is 48.0 Å². The van der Waals surface area contributed by atoms with E-state index in [-0.39, 0.29) is 18.8 Å². The Labute approximate surface area is 257 Å². The van der Waals surface area contributed by atoms with Crippen LogP contribution in [0.4, 0.5) is 18.9 Å². The first kappa shape index (κ1) is 31.1. The maximum absolute atomic E-state index is 14.6. The van der Waals surface area contributed by atoms with Crippen LogP contribution in [0.1, 0.15) is 37.0 Å². The van der Waals surface area contributed by atoms with E-state index in [4.69, 9.17) is 9.47 Å². The third-order valence-corrected chi connectivity index (χ3v) is 9.43. The highest BCUT2D eigenvalue weighted by molar-refractivity contribution is 7.87. The molecule has 0 bridgehead atoms. The number of halogens is 3. The molecule has 4 aromatic rings. The minimum atomic E-state index is -5.92. The minimum absolute atomic E-state index is 0.163. The average molecular weight is 645 g/mol. The molecule has 1 fully saturated rings. The Bertz CT molecular complexity index is 1870. The molecule has 0 radical (unpaired) electrons. The summed E-state index contributed by atoms with van der Waals surface area (Å²) in [6, 6.07) is 23.8. The summed E-state index contributed by atoms with van der Waals surface area (Å²) in [5.74, 6) is -1.92. The molecule has 9 nitrogen and oxygen atoms in total. The number of nitrogens with zero attached hydrogens (tertiary/aromatic N) is 2. The monoisotopic (exact) mass is 644 g/mol. The Balaban J connectivity index is 1.52. The van der Waals surface area contributed by atoms with Gasteiger partial charge in [-0.2, -0.15) is 21.6 Å². The van der Waals surface area contributed by atoms with Gasteiger partial charge in [-0.15, -0.1) is 0 Å². The van der Waals surface area contributed by atoms with Crippen LogP contribution in [0.5, 0.6) is 5.88 Å². The van der Waals surface area contributed by atoms with Crippen molar-refractivity contribution in [3.05, 3.63) is 95.6 Å². The molecule has 0 aliphatic carbocycles. The van der Waals surface area contributed by atoms with Crippen LogP contribution in [0.15, 0.2) is 78.9 Å². The standard InChI is InChI=1S/C32H31F3N2O7S/c1-30(2)43-25(26(44-30)19-42-45(40,41)32(33,34)35)17-31(22-14-8-10-16-24(22)36(3)29(31)39)27-21-13-7-9-15-23(21)37(28(27)38)18-20-11-5-4-6-12-20/h4-16,25-26,38H,17-19H2,1-3H3/t25-,26-,31+/m1/s1. The zero-order valence-corrected chi connectivity index (χ0v) is 25.4. The van der Waals surface area contributed by atoms with Gasteiger partial charge in [-0.3, -0.25) is 8.98 Å². The number of fused-ring (bicyclic) bond motifs is 2. The van der Waals surface area contributed by atoms with E-state index in [0.29, 0.717) is 27.7 Å². The second-order valence-electron chi connectivity index (χ2n) is 11.7. The van der Waals surface area contributed by atoms with Gasteiger partial charge in [0.15, 0.2) is 11.7 Å². The van der Waals surface area contributed by atoms with Gasteiger partial charge in [0.2, 0.25) is 5.91 Å². The Morgan fingerprint density at radius 2 is 1.56 bits per heavy atom. The first-order valence-corrected chi connectivity index (χ1v) is 15.6. The van der Waals surface area contributed by atoms with E-state index in [9.17, 15) is 31.5 Å². The molecule has 45 heavy (non-hydrogen) atoms. The first-order chi connectivity index (χ1) is 21.2. The van der Waals surface area contributed by atoms with Crippen molar-refractivity contribution in [2.24, 2.45) is 0 Å². The molecule has 3 atom stereocenters. The molecule has 2 aliphatic heterocycles. The third kappa shape index (κ3) is 5.17. The summed E-state index contributed by atoms with van der Waals surface area (Å²) in [6.07, 6.45) is -2.63. The fraction of sp³-hybridized carbons (Fsp3) is 0.344. The van der Waals surface area contributed by atoms with E-state index in [1.807, 2.05) is 42.5 Å². The highest BCUT2D eigenvalue weighted by atomic mass is 32.2. The molecule has 1 amide bonds. The van der Waals surface area contributed by atoms with Crippen molar-refractivity contribution in [2.45, 2.75) is 55.7 Å². The van der Waals surface area contributed by atoms with Gasteiger partial charge in [0, 0.05) is 23.7 Å². The number of aromatic hydroxyl groups is 1. The number of anilines is 1. The van der Waals surface area contributed by atoms with Crippen molar-refractivity contribution in [1.29, 1.82) is 0 Å². The maximum atomic E-state index is 14.6. The Hall–Kier alpha value is -3.91. The Kier molecular flexibility index (Phi) is 7.51. The van der Waals surface area contributed by atoms with Crippen molar-refractivity contribution < 1.29 is 45.1 Å². The number of carbonyl (C=O) groups is 1. The molecule has 1 saturated heterocycles. The lowest BCUT2D eigenvalue weighted by molar-refractivity contribution is -0.150. The van der Waals surface area contributed by atoms with Crippen molar-refractivity contribution in [3.63, 3.8) is 0 Å². The minimum Gasteiger partial charge on any atom is -0.494 e. The maximum Gasteiger partial charge on any atom is 0.523 e. The first-order valence-electron chi connectivity index (χ1n) is 14.2. The molecule has 0 spiro atoms.